The van der Waals surface area contributed by atoms with Gasteiger partial charge in [0.25, 0.3) is 0 Å². The summed E-state index contributed by atoms with van der Waals surface area (Å²) in [6.07, 6.45) is 3.46. The second-order valence-electron chi connectivity index (χ2n) is 4.20. The molecule has 0 fully saturated rings. The molecule has 0 heterocycles. The van der Waals surface area contributed by atoms with Crippen LogP contribution < -0.4 is 5.73 Å². The van der Waals surface area contributed by atoms with Gasteiger partial charge in [0.2, 0.25) is 0 Å². The maximum Gasteiger partial charge on any atom is 0.157 e. The lowest BCUT2D eigenvalue weighted by Crippen LogP contribution is -2.26. The number of aromatic hydroxyl groups is 2. The molecule has 0 bridgehead atoms. The number of phenols is 2. The van der Waals surface area contributed by atoms with E-state index >= 15 is 0 Å². The Kier molecular flexibility index (Phi) is 1.56. The minimum absolute atomic E-state index is 0.0498. The van der Waals surface area contributed by atoms with E-state index in [1.807, 2.05) is 0 Å². The second kappa shape index (κ2) is 2.72. The zero-order chi connectivity index (χ0) is 11.4. The number of rotatable bonds is 0. The SMILES string of the molecule is NC1=CC2c3cc(O)c(O)cc3C2C=C1O. The van der Waals surface area contributed by atoms with Crippen LogP contribution in [0, 0.1) is 0 Å². The molecule has 0 saturated carbocycles. The number of aliphatic hydroxyl groups is 1. The lowest BCUT2D eigenvalue weighted by atomic mass is 9.65. The summed E-state index contributed by atoms with van der Waals surface area (Å²) in [7, 11) is 0. The molecule has 0 aromatic heterocycles. The molecule has 0 spiro atoms. The summed E-state index contributed by atoms with van der Waals surface area (Å²) in [5.74, 6) is -0.0266. The fourth-order valence-electron chi connectivity index (χ4n) is 2.41. The predicted molar refractivity (Wildman–Crippen MR) is 58.2 cm³/mol. The van der Waals surface area contributed by atoms with Crippen LogP contribution in [0.4, 0.5) is 0 Å². The van der Waals surface area contributed by atoms with Gasteiger partial charge in [0.15, 0.2) is 11.5 Å². The van der Waals surface area contributed by atoms with Crippen molar-refractivity contribution >= 4 is 0 Å². The van der Waals surface area contributed by atoms with Crippen molar-refractivity contribution in [3.05, 3.63) is 46.9 Å². The third kappa shape index (κ3) is 0.984. The van der Waals surface area contributed by atoms with Crippen molar-refractivity contribution in [1.29, 1.82) is 0 Å². The van der Waals surface area contributed by atoms with Gasteiger partial charge in [-0.2, -0.15) is 0 Å². The van der Waals surface area contributed by atoms with Gasteiger partial charge in [-0.15, -0.1) is 0 Å². The van der Waals surface area contributed by atoms with E-state index in [1.165, 1.54) is 6.07 Å². The van der Waals surface area contributed by atoms with Gasteiger partial charge in [0.05, 0.1) is 5.70 Å². The van der Waals surface area contributed by atoms with Crippen LogP contribution in [0.2, 0.25) is 0 Å². The Balaban J connectivity index is 2.13. The molecule has 2 aliphatic rings. The van der Waals surface area contributed by atoms with Crippen LogP contribution in [-0.2, 0) is 0 Å². The minimum Gasteiger partial charge on any atom is -0.506 e. The van der Waals surface area contributed by atoms with Gasteiger partial charge in [0, 0.05) is 11.8 Å². The van der Waals surface area contributed by atoms with Gasteiger partial charge in [-0.25, -0.2) is 0 Å². The number of phenolic OH excluding ortho intramolecular Hbond substituents is 2. The van der Waals surface area contributed by atoms with Crippen molar-refractivity contribution in [2.24, 2.45) is 5.73 Å². The van der Waals surface area contributed by atoms with E-state index in [9.17, 15) is 15.3 Å². The number of aliphatic hydroxyl groups excluding tert-OH is 1. The van der Waals surface area contributed by atoms with Crippen LogP contribution in [0.3, 0.4) is 0 Å². The zero-order valence-corrected chi connectivity index (χ0v) is 8.38. The van der Waals surface area contributed by atoms with Gasteiger partial charge in [-0.3, -0.25) is 0 Å². The highest BCUT2D eigenvalue weighted by Crippen LogP contribution is 2.53. The first kappa shape index (κ1) is 9.15. The highest BCUT2D eigenvalue weighted by Gasteiger charge is 2.38. The molecule has 2 unspecified atom stereocenters. The van der Waals surface area contributed by atoms with Crippen molar-refractivity contribution in [2.45, 2.75) is 11.8 Å². The molecule has 4 heteroatoms. The number of hydrogen-bond acceptors (Lipinski definition) is 4. The zero-order valence-electron chi connectivity index (χ0n) is 8.38. The maximum absolute atomic E-state index is 9.51. The van der Waals surface area contributed by atoms with Crippen molar-refractivity contribution in [3.63, 3.8) is 0 Å². The number of hydrogen-bond donors (Lipinski definition) is 4. The summed E-state index contributed by atoms with van der Waals surface area (Å²) in [4.78, 5) is 0. The number of allylic oxidation sites excluding steroid dienone is 2. The smallest absolute Gasteiger partial charge is 0.157 e. The number of benzene rings is 1. The molecule has 16 heavy (non-hydrogen) atoms. The van der Waals surface area contributed by atoms with Crippen LogP contribution in [0.15, 0.2) is 35.7 Å². The Morgan fingerprint density at radius 3 is 1.94 bits per heavy atom. The lowest BCUT2D eigenvalue weighted by Gasteiger charge is -2.38. The Hall–Kier alpha value is -2.10. The van der Waals surface area contributed by atoms with E-state index in [2.05, 4.69) is 0 Å². The first-order valence-electron chi connectivity index (χ1n) is 5.02. The van der Waals surface area contributed by atoms with Gasteiger partial charge in [-0.1, -0.05) is 0 Å². The summed E-state index contributed by atoms with van der Waals surface area (Å²) in [6, 6.07) is 3.08. The molecular formula is C12H11NO3. The summed E-state index contributed by atoms with van der Waals surface area (Å²) in [5, 5.41) is 28.3. The highest BCUT2D eigenvalue weighted by molar-refractivity contribution is 5.60. The molecule has 1 aromatic carbocycles. The Labute approximate surface area is 92.0 Å². The molecule has 4 nitrogen and oxygen atoms in total. The molecule has 2 atom stereocenters. The molecule has 2 aliphatic carbocycles. The normalized spacial score (nSPS) is 26.0. The molecule has 1 aromatic rings. The monoisotopic (exact) mass is 217 g/mol. The van der Waals surface area contributed by atoms with Gasteiger partial charge in [0.1, 0.15) is 5.76 Å². The highest BCUT2D eigenvalue weighted by atomic mass is 16.3. The molecule has 3 rings (SSSR count). The fraction of sp³-hybridized carbons (Fsp3) is 0.167. The van der Waals surface area contributed by atoms with Gasteiger partial charge < -0.3 is 21.1 Å². The summed E-state index contributed by atoms with van der Waals surface area (Å²) < 4.78 is 0. The average Bonchev–Trinajstić information content (AvgIpc) is 2.26. The van der Waals surface area contributed by atoms with Crippen LogP contribution in [0.5, 0.6) is 11.5 Å². The van der Waals surface area contributed by atoms with Gasteiger partial charge in [-0.05, 0) is 35.4 Å². The summed E-state index contributed by atoms with van der Waals surface area (Å²) in [5.41, 5.74) is 7.86. The molecule has 82 valence electrons. The van der Waals surface area contributed by atoms with Crippen LogP contribution >= 0.6 is 0 Å². The lowest BCUT2D eigenvalue weighted by molar-refractivity contribution is 0.392. The first-order chi connectivity index (χ1) is 7.58. The fourth-order valence-corrected chi connectivity index (χ4v) is 2.41. The quantitative estimate of drug-likeness (QED) is 0.497. The molecule has 0 saturated heterocycles. The molecule has 5 N–H and O–H groups in total. The van der Waals surface area contributed by atoms with Crippen LogP contribution in [0.25, 0.3) is 0 Å². The maximum atomic E-state index is 9.51. The topological polar surface area (TPSA) is 86.7 Å². The van der Waals surface area contributed by atoms with Crippen LogP contribution in [0.1, 0.15) is 23.0 Å². The predicted octanol–water partition coefficient (Wildman–Crippen LogP) is 1.58. The molecular weight excluding hydrogens is 206 g/mol. The first-order valence-corrected chi connectivity index (χ1v) is 5.02. The van der Waals surface area contributed by atoms with Gasteiger partial charge >= 0.3 is 0 Å². The van der Waals surface area contributed by atoms with E-state index in [4.69, 9.17) is 5.73 Å². The third-order valence-electron chi connectivity index (χ3n) is 3.28. The average molecular weight is 217 g/mol. The molecule has 0 amide bonds. The Bertz CT molecular complexity index is 496. The van der Waals surface area contributed by atoms with Crippen molar-refractivity contribution in [3.8, 4) is 11.5 Å². The Morgan fingerprint density at radius 1 is 0.875 bits per heavy atom. The van der Waals surface area contributed by atoms with Crippen molar-refractivity contribution < 1.29 is 15.3 Å². The second-order valence-corrected chi connectivity index (χ2v) is 4.20. The third-order valence-corrected chi connectivity index (χ3v) is 3.28. The van der Waals surface area contributed by atoms with E-state index < -0.39 is 0 Å². The number of nitrogens with two attached hydrogens (primary N) is 1. The molecule has 0 aliphatic heterocycles. The van der Waals surface area contributed by atoms with E-state index in [-0.39, 0.29) is 29.1 Å². The van der Waals surface area contributed by atoms with E-state index in [0.717, 1.165) is 11.1 Å². The van der Waals surface area contributed by atoms with E-state index in [0.29, 0.717) is 5.70 Å². The largest absolute Gasteiger partial charge is 0.506 e. The minimum atomic E-state index is -0.132. The van der Waals surface area contributed by atoms with Crippen molar-refractivity contribution in [2.75, 3.05) is 0 Å². The summed E-state index contributed by atoms with van der Waals surface area (Å²) in [6.45, 7) is 0. The van der Waals surface area contributed by atoms with E-state index in [1.54, 1.807) is 18.2 Å². The van der Waals surface area contributed by atoms with Crippen LogP contribution in [-0.4, -0.2) is 15.3 Å². The Morgan fingerprint density at radius 2 is 1.38 bits per heavy atom. The van der Waals surface area contributed by atoms with Crippen molar-refractivity contribution in [1.82, 2.24) is 0 Å². The standard InChI is InChI=1S/C12H11NO3/c13-9-1-5-6(2-10(9)14)8-4-12(16)11(15)3-7(5)8/h1-6,14-16H,13H2. The summed E-state index contributed by atoms with van der Waals surface area (Å²) >= 11 is 0. The molecule has 0 radical (unpaired) electrons. The number of fused-ring (bicyclic) bond motifs is 4.